The molecule has 0 aromatic heterocycles. The quantitative estimate of drug-likeness (QED) is 0.847. The average molecular weight is 338 g/mol. The van der Waals surface area contributed by atoms with E-state index in [1.54, 1.807) is 0 Å². The van der Waals surface area contributed by atoms with Gasteiger partial charge in [-0.1, -0.05) is 11.6 Å². The topological polar surface area (TPSA) is 92.7 Å². The highest BCUT2D eigenvalue weighted by atomic mass is 35.5. The summed E-state index contributed by atoms with van der Waals surface area (Å²) in [6.07, 6.45) is -0.620. The second-order valence-electron chi connectivity index (χ2n) is 4.59. The third kappa shape index (κ3) is 3.91. The van der Waals surface area contributed by atoms with E-state index in [4.69, 9.17) is 21.4 Å². The Balaban J connectivity index is 1.99. The lowest BCUT2D eigenvalue weighted by Crippen LogP contribution is -2.33. The molecule has 1 aromatic rings. The maximum absolute atomic E-state index is 13.0. The summed E-state index contributed by atoms with van der Waals surface area (Å²) in [4.78, 5) is 10.6. The summed E-state index contributed by atoms with van der Waals surface area (Å²) in [6, 6.07) is 3.07. The van der Waals surface area contributed by atoms with Crippen LogP contribution >= 0.6 is 11.6 Å². The predicted molar refractivity (Wildman–Crippen MR) is 72.1 cm³/mol. The summed E-state index contributed by atoms with van der Waals surface area (Å²) in [5.41, 5.74) is 0. The number of carboxylic acids is 1. The van der Waals surface area contributed by atoms with Crippen molar-refractivity contribution >= 4 is 27.6 Å². The van der Waals surface area contributed by atoms with Gasteiger partial charge in [-0.15, -0.1) is 0 Å². The van der Waals surface area contributed by atoms with Crippen LogP contribution in [0.2, 0.25) is 5.02 Å². The van der Waals surface area contributed by atoms with Crippen molar-refractivity contribution in [3.05, 3.63) is 29.0 Å². The molecule has 2 unspecified atom stereocenters. The van der Waals surface area contributed by atoms with Gasteiger partial charge in [-0.3, -0.25) is 0 Å². The second-order valence-corrected chi connectivity index (χ2v) is 6.76. The molecular formula is C12H13ClFNO5S. The van der Waals surface area contributed by atoms with Gasteiger partial charge in [0.25, 0.3) is 0 Å². The van der Waals surface area contributed by atoms with Gasteiger partial charge in [0.1, 0.15) is 5.82 Å². The minimum absolute atomic E-state index is 0.0545. The van der Waals surface area contributed by atoms with Crippen LogP contribution in [0.15, 0.2) is 23.1 Å². The maximum atomic E-state index is 13.0. The smallest absolute Gasteiger partial charge is 0.332 e. The molecule has 0 saturated carbocycles. The molecule has 2 rings (SSSR count). The van der Waals surface area contributed by atoms with Gasteiger partial charge in [0.15, 0.2) is 6.10 Å². The van der Waals surface area contributed by atoms with Gasteiger partial charge in [0.2, 0.25) is 10.0 Å². The molecule has 1 aliphatic rings. The first-order valence-electron chi connectivity index (χ1n) is 6.12. The van der Waals surface area contributed by atoms with Gasteiger partial charge in [-0.05, 0) is 31.0 Å². The van der Waals surface area contributed by atoms with Gasteiger partial charge >= 0.3 is 5.97 Å². The fourth-order valence-corrected chi connectivity index (χ4v) is 3.30. The standard InChI is InChI=1S/C12H13ClFNO5S/c13-9-5-8(2-3-10(9)14)21(18,19)15-6-7-1-4-11(20-7)12(16)17/h2-3,5,7,11,15H,1,4,6H2,(H,16,17). The number of hydrogen-bond donors (Lipinski definition) is 2. The number of hydrogen-bond acceptors (Lipinski definition) is 4. The highest BCUT2D eigenvalue weighted by molar-refractivity contribution is 7.89. The zero-order valence-corrected chi connectivity index (χ0v) is 12.3. The first-order valence-corrected chi connectivity index (χ1v) is 7.98. The van der Waals surface area contributed by atoms with Crippen LogP contribution in [-0.2, 0) is 19.6 Å². The molecular weight excluding hydrogens is 325 g/mol. The van der Waals surface area contributed by atoms with E-state index in [-0.39, 0.29) is 16.5 Å². The first kappa shape index (κ1) is 16.2. The molecule has 0 amide bonds. The van der Waals surface area contributed by atoms with Gasteiger partial charge < -0.3 is 9.84 Å². The second kappa shape index (κ2) is 6.27. The van der Waals surface area contributed by atoms with Crippen molar-refractivity contribution in [2.75, 3.05) is 6.54 Å². The Morgan fingerprint density at radius 3 is 2.76 bits per heavy atom. The molecule has 0 aliphatic carbocycles. The molecule has 0 spiro atoms. The molecule has 21 heavy (non-hydrogen) atoms. The van der Waals surface area contributed by atoms with Crippen LogP contribution in [0, 0.1) is 5.82 Å². The van der Waals surface area contributed by atoms with Crippen molar-refractivity contribution in [2.45, 2.75) is 29.9 Å². The molecule has 9 heteroatoms. The monoisotopic (exact) mass is 337 g/mol. The summed E-state index contributed by atoms with van der Waals surface area (Å²) >= 11 is 5.54. The van der Waals surface area contributed by atoms with Crippen molar-refractivity contribution in [1.29, 1.82) is 0 Å². The van der Waals surface area contributed by atoms with E-state index in [1.165, 1.54) is 0 Å². The molecule has 1 aromatic carbocycles. The Morgan fingerprint density at radius 2 is 2.19 bits per heavy atom. The van der Waals surface area contributed by atoms with Gasteiger partial charge in [0.05, 0.1) is 16.0 Å². The van der Waals surface area contributed by atoms with Crippen molar-refractivity contribution in [3.8, 4) is 0 Å². The Hall–Kier alpha value is -1.22. The van der Waals surface area contributed by atoms with E-state index < -0.39 is 34.0 Å². The number of aliphatic carboxylic acids is 1. The summed E-state index contributed by atoms with van der Waals surface area (Å²) in [5, 5.41) is 8.49. The first-order chi connectivity index (χ1) is 9.79. The number of halogens is 2. The molecule has 1 heterocycles. The molecule has 0 radical (unpaired) electrons. The zero-order chi connectivity index (χ0) is 15.6. The van der Waals surface area contributed by atoms with Crippen LogP contribution in [0.4, 0.5) is 4.39 Å². The van der Waals surface area contributed by atoms with E-state index in [9.17, 15) is 17.6 Å². The third-order valence-corrected chi connectivity index (χ3v) is 4.80. The maximum Gasteiger partial charge on any atom is 0.332 e. The summed E-state index contributed by atoms with van der Waals surface area (Å²) < 4.78 is 44.5. The molecule has 0 bridgehead atoms. The van der Waals surface area contributed by atoms with Crippen molar-refractivity contribution < 1.29 is 27.4 Å². The van der Waals surface area contributed by atoms with E-state index in [0.717, 1.165) is 18.2 Å². The lowest BCUT2D eigenvalue weighted by molar-refractivity contribution is -0.149. The molecule has 2 atom stereocenters. The van der Waals surface area contributed by atoms with E-state index in [1.807, 2.05) is 0 Å². The average Bonchev–Trinajstić information content (AvgIpc) is 2.89. The van der Waals surface area contributed by atoms with E-state index >= 15 is 0 Å². The number of benzene rings is 1. The lowest BCUT2D eigenvalue weighted by Gasteiger charge is -2.13. The highest BCUT2D eigenvalue weighted by Gasteiger charge is 2.31. The normalized spacial score (nSPS) is 22.4. The van der Waals surface area contributed by atoms with E-state index in [2.05, 4.69) is 4.72 Å². The summed E-state index contributed by atoms with van der Waals surface area (Å²) in [6.45, 7) is -0.0545. The number of carbonyl (C=O) groups is 1. The summed E-state index contributed by atoms with van der Waals surface area (Å²) in [7, 11) is -3.85. The van der Waals surface area contributed by atoms with Crippen LogP contribution in [0.25, 0.3) is 0 Å². The van der Waals surface area contributed by atoms with Crippen molar-refractivity contribution in [1.82, 2.24) is 4.72 Å². The fourth-order valence-electron chi connectivity index (χ4n) is 1.97. The minimum atomic E-state index is -3.85. The fraction of sp³-hybridized carbons (Fsp3) is 0.417. The molecule has 1 fully saturated rings. The van der Waals surface area contributed by atoms with Gasteiger partial charge in [-0.2, -0.15) is 0 Å². The van der Waals surface area contributed by atoms with Crippen LogP contribution in [0.5, 0.6) is 0 Å². The molecule has 2 N–H and O–H groups in total. The lowest BCUT2D eigenvalue weighted by atomic mass is 10.2. The van der Waals surface area contributed by atoms with E-state index in [0.29, 0.717) is 12.8 Å². The van der Waals surface area contributed by atoms with Crippen molar-refractivity contribution in [3.63, 3.8) is 0 Å². The van der Waals surface area contributed by atoms with Crippen LogP contribution in [-0.4, -0.2) is 38.2 Å². The molecule has 1 saturated heterocycles. The molecule has 1 aliphatic heterocycles. The Kier molecular flexibility index (Phi) is 4.82. The number of sulfonamides is 1. The van der Waals surface area contributed by atoms with Gasteiger partial charge in [0, 0.05) is 6.54 Å². The predicted octanol–water partition coefficient (Wildman–Crippen LogP) is 1.39. The Labute approximate surface area is 125 Å². The van der Waals surface area contributed by atoms with Crippen LogP contribution < -0.4 is 4.72 Å². The number of carboxylic acid groups (broad SMARTS) is 1. The number of nitrogens with one attached hydrogen (secondary N) is 1. The van der Waals surface area contributed by atoms with Crippen LogP contribution in [0.3, 0.4) is 0 Å². The highest BCUT2D eigenvalue weighted by Crippen LogP contribution is 2.21. The Bertz CT molecular complexity index is 651. The minimum Gasteiger partial charge on any atom is -0.479 e. The Morgan fingerprint density at radius 1 is 1.48 bits per heavy atom. The molecule has 6 nitrogen and oxygen atoms in total. The van der Waals surface area contributed by atoms with Gasteiger partial charge in [-0.25, -0.2) is 22.3 Å². The SMILES string of the molecule is O=C(O)C1CCC(CNS(=O)(=O)c2ccc(F)c(Cl)c2)O1. The number of ether oxygens (including phenoxy) is 1. The summed E-state index contributed by atoms with van der Waals surface area (Å²) in [5.74, 6) is -1.77. The molecule has 116 valence electrons. The third-order valence-electron chi connectivity index (χ3n) is 3.09. The van der Waals surface area contributed by atoms with Crippen molar-refractivity contribution in [2.24, 2.45) is 0 Å². The van der Waals surface area contributed by atoms with Crippen LogP contribution in [0.1, 0.15) is 12.8 Å². The zero-order valence-electron chi connectivity index (χ0n) is 10.8. The largest absolute Gasteiger partial charge is 0.479 e. The number of rotatable bonds is 5.